The number of rotatable bonds is 8. The first kappa shape index (κ1) is 21.0. The zero-order valence-electron chi connectivity index (χ0n) is 15.2. The molecule has 3 amide bonds. The van der Waals surface area contributed by atoms with Crippen LogP contribution in [-0.4, -0.2) is 78.3 Å². The van der Waals surface area contributed by atoms with Crippen LogP contribution in [0.15, 0.2) is 30.3 Å². The maximum Gasteiger partial charge on any atom is 0.327 e. The fourth-order valence-corrected chi connectivity index (χ4v) is 3.24. The first-order valence-electron chi connectivity index (χ1n) is 8.70. The van der Waals surface area contributed by atoms with Crippen molar-refractivity contribution in [1.82, 2.24) is 15.5 Å². The molecular weight excluding hydrogens is 370 g/mol. The standard InChI is InChI=1S/C18H25N3O5S/c1-27-12-15(17(23)24)19-16(22)14(11-13-5-3-2-4-6-13)20-18(25)21-7-9-26-10-8-21/h2-6,14-15H,7-12H2,1H3,(H,19,22)(H,20,25)(H,23,24). The monoisotopic (exact) mass is 395 g/mol. The SMILES string of the molecule is CSCC(NC(=O)C(Cc1ccccc1)NC(=O)N1CCOCC1)C(=O)O. The number of aliphatic carboxylic acids is 1. The Bertz CT molecular complexity index is 637. The highest BCUT2D eigenvalue weighted by Crippen LogP contribution is 2.07. The molecule has 0 aromatic heterocycles. The molecule has 9 heteroatoms. The zero-order valence-corrected chi connectivity index (χ0v) is 16.0. The minimum atomic E-state index is -1.10. The molecule has 1 aliphatic rings. The smallest absolute Gasteiger partial charge is 0.327 e. The summed E-state index contributed by atoms with van der Waals surface area (Å²) in [5.74, 6) is -1.37. The van der Waals surface area contributed by atoms with E-state index in [-0.39, 0.29) is 18.2 Å². The van der Waals surface area contributed by atoms with Crippen molar-refractivity contribution >= 4 is 29.7 Å². The van der Waals surface area contributed by atoms with Crippen LogP contribution >= 0.6 is 11.8 Å². The van der Waals surface area contributed by atoms with E-state index in [1.165, 1.54) is 11.8 Å². The molecule has 0 saturated carbocycles. The van der Waals surface area contributed by atoms with E-state index in [4.69, 9.17) is 4.74 Å². The second kappa shape index (κ2) is 10.8. The van der Waals surface area contributed by atoms with Crippen LogP contribution in [-0.2, 0) is 20.7 Å². The second-order valence-corrected chi connectivity index (χ2v) is 7.06. The number of nitrogens with zero attached hydrogens (tertiary/aromatic N) is 1. The fraction of sp³-hybridized carbons (Fsp3) is 0.500. The Kier molecular flexibility index (Phi) is 8.41. The van der Waals surface area contributed by atoms with Crippen LogP contribution in [0.3, 0.4) is 0 Å². The third kappa shape index (κ3) is 6.76. The Morgan fingerprint density at radius 1 is 1.15 bits per heavy atom. The molecule has 27 heavy (non-hydrogen) atoms. The van der Waals surface area contributed by atoms with E-state index in [9.17, 15) is 19.5 Å². The third-order valence-corrected chi connectivity index (χ3v) is 4.81. The normalized spacial score (nSPS) is 16.3. The number of carbonyl (C=O) groups is 3. The van der Waals surface area contributed by atoms with Gasteiger partial charge in [-0.2, -0.15) is 11.8 Å². The zero-order chi connectivity index (χ0) is 19.6. The van der Waals surface area contributed by atoms with Gasteiger partial charge in [0, 0.05) is 25.3 Å². The van der Waals surface area contributed by atoms with Crippen LogP contribution in [0.1, 0.15) is 5.56 Å². The van der Waals surface area contributed by atoms with Gasteiger partial charge in [-0.3, -0.25) is 4.79 Å². The molecule has 1 fully saturated rings. The van der Waals surface area contributed by atoms with Gasteiger partial charge >= 0.3 is 12.0 Å². The summed E-state index contributed by atoms with van der Waals surface area (Å²) < 4.78 is 5.24. The molecular formula is C18H25N3O5S. The largest absolute Gasteiger partial charge is 0.480 e. The van der Waals surface area contributed by atoms with Gasteiger partial charge in [0.05, 0.1) is 13.2 Å². The number of nitrogens with one attached hydrogen (secondary N) is 2. The minimum absolute atomic E-state index is 0.247. The van der Waals surface area contributed by atoms with Crippen molar-refractivity contribution < 1.29 is 24.2 Å². The average molecular weight is 395 g/mol. The topological polar surface area (TPSA) is 108 Å². The Morgan fingerprint density at radius 2 is 1.81 bits per heavy atom. The summed E-state index contributed by atoms with van der Waals surface area (Å²) in [5.41, 5.74) is 0.872. The Morgan fingerprint density at radius 3 is 2.41 bits per heavy atom. The molecule has 1 saturated heterocycles. The number of benzene rings is 1. The van der Waals surface area contributed by atoms with Crippen molar-refractivity contribution in [2.24, 2.45) is 0 Å². The maximum atomic E-state index is 12.7. The lowest BCUT2D eigenvalue weighted by Crippen LogP contribution is -2.56. The average Bonchev–Trinajstić information content (AvgIpc) is 2.68. The van der Waals surface area contributed by atoms with E-state index in [1.54, 1.807) is 11.2 Å². The lowest BCUT2D eigenvalue weighted by Gasteiger charge is -2.29. The van der Waals surface area contributed by atoms with Gasteiger partial charge in [-0.25, -0.2) is 9.59 Å². The first-order valence-corrected chi connectivity index (χ1v) is 10.1. The molecule has 0 spiro atoms. The van der Waals surface area contributed by atoms with Gasteiger partial charge in [0.2, 0.25) is 5.91 Å². The van der Waals surface area contributed by atoms with Crippen LogP contribution in [0.4, 0.5) is 4.79 Å². The van der Waals surface area contributed by atoms with Crippen LogP contribution in [0.25, 0.3) is 0 Å². The molecule has 2 atom stereocenters. The quantitative estimate of drug-likeness (QED) is 0.594. The summed E-state index contributed by atoms with van der Waals surface area (Å²) in [4.78, 5) is 38.1. The van der Waals surface area contributed by atoms with Crippen molar-refractivity contribution in [1.29, 1.82) is 0 Å². The molecule has 0 bridgehead atoms. The highest BCUT2D eigenvalue weighted by Gasteiger charge is 2.28. The second-order valence-electron chi connectivity index (χ2n) is 6.15. The number of hydrogen-bond acceptors (Lipinski definition) is 5. The van der Waals surface area contributed by atoms with Crippen molar-refractivity contribution in [2.75, 3.05) is 38.3 Å². The summed E-state index contributed by atoms with van der Waals surface area (Å²) in [6.45, 7) is 1.82. The number of thioether (sulfide) groups is 1. The Balaban J connectivity index is 2.08. The van der Waals surface area contributed by atoms with E-state index in [0.717, 1.165) is 5.56 Å². The van der Waals surface area contributed by atoms with Crippen LogP contribution in [0.2, 0.25) is 0 Å². The molecule has 1 aliphatic heterocycles. The molecule has 148 valence electrons. The van der Waals surface area contributed by atoms with Crippen molar-refractivity contribution in [3.63, 3.8) is 0 Å². The predicted molar refractivity (Wildman–Crippen MR) is 103 cm³/mol. The van der Waals surface area contributed by atoms with Gasteiger partial charge < -0.3 is 25.4 Å². The summed E-state index contributed by atoms with van der Waals surface area (Å²) in [7, 11) is 0. The van der Waals surface area contributed by atoms with Gasteiger partial charge in [-0.05, 0) is 11.8 Å². The molecule has 1 heterocycles. The summed E-state index contributed by atoms with van der Waals surface area (Å²) in [6, 6.07) is 7.05. The minimum Gasteiger partial charge on any atom is -0.480 e. The van der Waals surface area contributed by atoms with Crippen LogP contribution < -0.4 is 10.6 Å². The van der Waals surface area contributed by atoms with Crippen LogP contribution in [0, 0.1) is 0 Å². The molecule has 3 N–H and O–H groups in total. The van der Waals surface area contributed by atoms with Gasteiger partial charge in [0.1, 0.15) is 12.1 Å². The van der Waals surface area contributed by atoms with Gasteiger partial charge in [0.25, 0.3) is 0 Å². The molecule has 0 radical (unpaired) electrons. The van der Waals surface area contributed by atoms with Gasteiger partial charge in [-0.15, -0.1) is 0 Å². The third-order valence-electron chi connectivity index (χ3n) is 4.14. The van der Waals surface area contributed by atoms with E-state index >= 15 is 0 Å². The van der Waals surface area contributed by atoms with Crippen molar-refractivity contribution in [3.8, 4) is 0 Å². The lowest BCUT2D eigenvalue weighted by atomic mass is 10.0. The van der Waals surface area contributed by atoms with E-state index in [0.29, 0.717) is 26.3 Å². The Hall–Kier alpha value is -2.26. The maximum absolute atomic E-state index is 12.7. The number of carboxylic acid groups (broad SMARTS) is 1. The van der Waals surface area contributed by atoms with E-state index in [1.807, 2.05) is 30.3 Å². The predicted octanol–water partition coefficient (Wildman–Crippen LogP) is 0.572. The summed E-state index contributed by atoms with van der Waals surface area (Å²) in [6.07, 6.45) is 2.04. The number of carbonyl (C=O) groups excluding carboxylic acids is 2. The highest BCUT2D eigenvalue weighted by atomic mass is 32.2. The Labute approximate surface area is 162 Å². The highest BCUT2D eigenvalue weighted by molar-refractivity contribution is 7.98. The molecule has 8 nitrogen and oxygen atoms in total. The number of hydrogen-bond donors (Lipinski definition) is 3. The first-order chi connectivity index (χ1) is 13.0. The van der Waals surface area contributed by atoms with Crippen LogP contribution in [0.5, 0.6) is 0 Å². The molecule has 0 aliphatic carbocycles. The van der Waals surface area contributed by atoms with Gasteiger partial charge in [0.15, 0.2) is 0 Å². The number of urea groups is 1. The molecule has 1 aromatic rings. The van der Waals surface area contributed by atoms with E-state index < -0.39 is 24.0 Å². The number of morpholine rings is 1. The number of ether oxygens (including phenoxy) is 1. The van der Waals surface area contributed by atoms with Crippen molar-refractivity contribution in [2.45, 2.75) is 18.5 Å². The number of carboxylic acids is 1. The molecule has 1 aromatic carbocycles. The van der Waals surface area contributed by atoms with E-state index in [2.05, 4.69) is 10.6 Å². The molecule has 2 unspecified atom stereocenters. The summed E-state index contributed by atoms with van der Waals surface area (Å²) >= 11 is 1.33. The van der Waals surface area contributed by atoms with Gasteiger partial charge in [-0.1, -0.05) is 30.3 Å². The lowest BCUT2D eigenvalue weighted by molar-refractivity contribution is -0.141. The summed E-state index contributed by atoms with van der Waals surface area (Å²) in [5, 5.41) is 14.5. The molecule has 2 rings (SSSR count). The fourth-order valence-electron chi connectivity index (χ4n) is 2.68. The van der Waals surface area contributed by atoms with Crippen molar-refractivity contribution in [3.05, 3.63) is 35.9 Å². The number of amides is 3.